The van der Waals surface area contributed by atoms with Crippen LogP contribution in [-0.2, 0) is 9.59 Å². The molecule has 1 fully saturated rings. The van der Waals surface area contributed by atoms with E-state index in [2.05, 4.69) is 19.3 Å². The summed E-state index contributed by atoms with van der Waals surface area (Å²) in [6.45, 7) is 4.21. The fraction of sp³-hybridized carbons (Fsp3) is 0.733. The van der Waals surface area contributed by atoms with Crippen molar-refractivity contribution in [2.45, 2.75) is 58.0 Å². The molecule has 2 unspecified atom stereocenters. The second-order valence-corrected chi connectivity index (χ2v) is 6.01. The summed E-state index contributed by atoms with van der Waals surface area (Å²) in [7, 11) is 0. The average Bonchev–Trinajstić information content (AvgIpc) is 2.43. The lowest BCUT2D eigenvalue weighted by Gasteiger charge is -2.40. The van der Waals surface area contributed by atoms with Gasteiger partial charge in [0.1, 0.15) is 0 Å². The molecule has 0 aromatic rings. The number of allylic oxidation sites excluding steroid dienone is 2. The molecule has 0 saturated carbocycles. The molecule has 0 aromatic carbocycles. The fourth-order valence-corrected chi connectivity index (χ4v) is 3.23. The maximum atomic E-state index is 12.4. The molecular formula is C15H24N2O3. The van der Waals surface area contributed by atoms with Gasteiger partial charge in [-0.2, -0.15) is 0 Å². The van der Waals surface area contributed by atoms with Crippen LogP contribution < -0.4 is 5.43 Å². The molecule has 1 aliphatic carbocycles. The van der Waals surface area contributed by atoms with E-state index in [-0.39, 0.29) is 5.91 Å². The highest BCUT2D eigenvalue weighted by Gasteiger charge is 2.36. The minimum Gasteiger partial charge on any atom is -0.481 e. The second kappa shape index (κ2) is 6.39. The molecule has 112 valence electrons. The number of carboxylic acid groups (broad SMARTS) is 1. The molecule has 2 aliphatic rings. The van der Waals surface area contributed by atoms with Gasteiger partial charge in [0.25, 0.3) is 0 Å². The minimum atomic E-state index is -0.880. The van der Waals surface area contributed by atoms with Crippen molar-refractivity contribution in [2.75, 3.05) is 0 Å². The standard InChI is InChI=1S/C15H24N2O3/c1-10-6-5-7-11(2)17(10)16-14(18)12-8-3-4-9-13(12)15(19)20/h3-4,10-13H,5-9H2,1-2H3,(H,16,18)(H,19,20)/t10?,11?,12-,13+/m1/s1. The molecule has 0 bridgehead atoms. The summed E-state index contributed by atoms with van der Waals surface area (Å²) in [4.78, 5) is 23.7. The SMILES string of the molecule is CC1CCCC(C)N1NC(=O)[C@@H]1CC=CC[C@@H]1C(=O)O. The molecule has 0 aromatic heterocycles. The van der Waals surface area contributed by atoms with Crippen molar-refractivity contribution in [2.24, 2.45) is 11.8 Å². The Labute approximate surface area is 120 Å². The monoisotopic (exact) mass is 280 g/mol. The van der Waals surface area contributed by atoms with Crippen LogP contribution in [0.5, 0.6) is 0 Å². The molecule has 2 rings (SSSR count). The summed E-state index contributed by atoms with van der Waals surface area (Å²) in [5.41, 5.74) is 2.97. The number of amides is 1. The van der Waals surface area contributed by atoms with E-state index < -0.39 is 17.8 Å². The van der Waals surface area contributed by atoms with Crippen molar-refractivity contribution in [3.8, 4) is 0 Å². The van der Waals surface area contributed by atoms with Gasteiger partial charge in [-0.15, -0.1) is 0 Å². The number of piperidine rings is 1. The Kier molecular flexibility index (Phi) is 4.81. The van der Waals surface area contributed by atoms with Crippen LogP contribution in [0.1, 0.15) is 46.0 Å². The highest BCUT2D eigenvalue weighted by atomic mass is 16.4. The number of carbonyl (C=O) groups excluding carboxylic acids is 1. The van der Waals surface area contributed by atoms with Crippen LogP contribution in [0.15, 0.2) is 12.2 Å². The molecule has 0 radical (unpaired) electrons. The number of aliphatic carboxylic acids is 1. The van der Waals surface area contributed by atoms with Crippen LogP contribution in [0.3, 0.4) is 0 Å². The lowest BCUT2D eigenvalue weighted by Crippen LogP contribution is -2.56. The van der Waals surface area contributed by atoms with Gasteiger partial charge in [-0.25, -0.2) is 5.01 Å². The van der Waals surface area contributed by atoms with E-state index in [0.29, 0.717) is 24.9 Å². The Hall–Kier alpha value is -1.36. The third-order valence-corrected chi connectivity index (χ3v) is 4.52. The predicted octanol–water partition coefficient (Wildman–Crippen LogP) is 1.95. The van der Waals surface area contributed by atoms with Crippen LogP contribution >= 0.6 is 0 Å². The van der Waals surface area contributed by atoms with E-state index in [9.17, 15) is 14.7 Å². The predicted molar refractivity (Wildman–Crippen MR) is 75.7 cm³/mol. The van der Waals surface area contributed by atoms with Crippen LogP contribution in [0.25, 0.3) is 0 Å². The summed E-state index contributed by atoms with van der Waals surface area (Å²) in [6, 6.07) is 0.621. The second-order valence-electron chi connectivity index (χ2n) is 6.01. The number of nitrogens with one attached hydrogen (secondary N) is 1. The number of hydrogen-bond donors (Lipinski definition) is 2. The molecule has 20 heavy (non-hydrogen) atoms. The van der Waals surface area contributed by atoms with E-state index in [0.717, 1.165) is 12.8 Å². The first-order valence-electron chi connectivity index (χ1n) is 7.47. The molecule has 1 saturated heterocycles. The Morgan fingerprint density at radius 2 is 1.65 bits per heavy atom. The Morgan fingerprint density at radius 1 is 1.10 bits per heavy atom. The maximum absolute atomic E-state index is 12.4. The molecule has 4 atom stereocenters. The molecule has 2 N–H and O–H groups in total. The van der Waals surface area contributed by atoms with Crippen molar-refractivity contribution in [3.05, 3.63) is 12.2 Å². The van der Waals surface area contributed by atoms with Crippen LogP contribution in [0.2, 0.25) is 0 Å². The Morgan fingerprint density at radius 3 is 2.20 bits per heavy atom. The lowest BCUT2D eigenvalue weighted by atomic mass is 9.82. The van der Waals surface area contributed by atoms with Crippen LogP contribution in [-0.4, -0.2) is 34.1 Å². The van der Waals surface area contributed by atoms with Gasteiger partial charge in [0.15, 0.2) is 0 Å². The van der Waals surface area contributed by atoms with E-state index >= 15 is 0 Å². The van der Waals surface area contributed by atoms with Crippen molar-refractivity contribution < 1.29 is 14.7 Å². The topological polar surface area (TPSA) is 69.6 Å². The van der Waals surface area contributed by atoms with E-state index in [1.165, 1.54) is 6.42 Å². The summed E-state index contributed by atoms with van der Waals surface area (Å²) < 4.78 is 0. The van der Waals surface area contributed by atoms with E-state index in [1.54, 1.807) is 0 Å². The first-order valence-corrected chi connectivity index (χ1v) is 7.47. The third kappa shape index (κ3) is 3.20. The van der Waals surface area contributed by atoms with Crippen LogP contribution in [0, 0.1) is 11.8 Å². The number of nitrogens with zero attached hydrogens (tertiary/aromatic N) is 1. The van der Waals surface area contributed by atoms with Gasteiger partial charge < -0.3 is 5.11 Å². The summed E-state index contributed by atoms with van der Waals surface area (Å²) >= 11 is 0. The first-order chi connectivity index (χ1) is 9.50. The third-order valence-electron chi connectivity index (χ3n) is 4.52. The van der Waals surface area contributed by atoms with Gasteiger partial charge in [0.2, 0.25) is 5.91 Å². The molecular weight excluding hydrogens is 256 g/mol. The molecule has 1 amide bonds. The zero-order valence-corrected chi connectivity index (χ0v) is 12.2. The average molecular weight is 280 g/mol. The number of carboxylic acids is 1. The highest BCUT2D eigenvalue weighted by molar-refractivity contribution is 5.85. The van der Waals surface area contributed by atoms with Crippen molar-refractivity contribution in [3.63, 3.8) is 0 Å². The molecule has 5 nitrogen and oxygen atoms in total. The molecule has 1 aliphatic heterocycles. The quantitative estimate of drug-likeness (QED) is 0.775. The normalized spacial score (nSPS) is 34.7. The van der Waals surface area contributed by atoms with Gasteiger partial charge in [-0.1, -0.05) is 18.6 Å². The van der Waals surface area contributed by atoms with E-state index in [4.69, 9.17) is 0 Å². The number of carbonyl (C=O) groups is 2. The first kappa shape index (κ1) is 15.0. The largest absolute Gasteiger partial charge is 0.481 e. The van der Waals surface area contributed by atoms with Gasteiger partial charge in [-0.05, 0) is 39.5 Å². The van der Waals surface area contributed by atoms with Gasteiger partial charge in [0, 0.05) is 12.1 Å². The van der Waals surface area contributed by atoms with Gasteiger partial charge in [-0.3, -0.25) is 15.0 Å². The van der Waals surface area contributed by atoms with Crippen molar-refractivity contribution in [1.29, 1.82) is 0 Å². The maximum Gasteiger partial charge on any atom is 0.307 e. The zero-order chi connectivity index (χ0) is 14.7. The lowest BCUT2D eigenvalue weighted by molar-refractivity contribution is -0.149. The number of hydrogen-bond acceptors (Lipinski definition) is 3. The number of rotatable bonds is 3. The van der Waals surface area contributed by atoms with Gasteiger partial charge >= 0.3 is 5.97 Å². The summed E-state index contributed by atoms with van der Waals surface area (Å²) in [5, 5.41) is 11.2. The Bertz CT molecular complexity index is 398. The minimum absolute atomic E-state index is 0.151. The molecule has 0 spiro atoms. The smallest absolute Gasteiger partial charge is 0.307 e. The number of hydrazine groups is 1. The molecule has 1 heterocycles. The highest BCUT2D eigenvalue weighted by Crippen LogP contribution is 2.27. The fourth-order valence-electron chi connectivity index (χ4n) is 3.23. The van der Waals surface area contributed by atoms with Crippen molar-refractivity contribution >= 4 is 11.9 Å². The van der Waals surface area contributed by atoms with Crippen molar-refractivity contribution in [1.82, 2.24) is 10.4 Å². The summed E-state index contributed by atoms with van der Waals surface area (Å²) in [6.07, 6.45) is 8.03. The zero-order valence-electron chi connectivity index (χ0n) is 12.2. The molecule has 5 heteroatoms. The van der Waals surface area contributed by atoms with Gasteiger partial charge in [0.05, 0.1) is 11.8 Å². The summed E-state index contributed by atoms with van der Waals surface area (Å²) in [5.74, 6) is -2.09. The van der Waals surface area contributed by atoms with E-state index in [1.807, 2.05) is 17.2 Å². The van der Waals surface area contributed by atoms with Crippen LogP contribution in [0.4, 0.5) is 0 Å². The Balaban J connectivity index is 2.02.